The molecule has 0 aliphatic carbocycles. The van der Waals surface area contributed by atoms with Gasteiger partial charge in [0.15, 0.2) is 0 Å². The van der Waals surface area contributed by atoms with Gasteiger partial charge in [-0.15, -0.1) is 0 Å². The summed E-state index contributed by atoms with van der Waals surface area (Å²) in [5.41, 5.74) is -0.119. The lowest BCUT2D eigenvalue weighted by atomic mass is 9.88. The van der Waals surface area contributed by atoms with Crippen molar-refractivity contribution in [3.8, 4) is 5.75 Å². The molecule has 1 saturated heterocycles. The molecule has 0 bridgehead atoms. The minimum absolute atomic E-state index is 0.329. The SMILES string of the molecule is COc1ccc(C2(O)CCCOC2)cc1Cl. The molecule has 88 valence electrons. The molecule has 1 N–H and O–H groups in total. The highest BCUT2D eigenvalue weighted by Crippen LogP contribution is 2.34. The van der Waals surface area contributed by atoms with E-state index in [4.69, 9.17) is 21.1 Å². The molecule has 1 heterocycles. The van der Waals surface area contributed by atoms with E-state index >= 15 is 0 Å². The summed E-state index contributed by atoms with van der Waals surface area (Å²) < 4.78 is 10.4. The average Bonchev–Trinajstić information content (AvgIpc) is 2.30. The molecule has 0 aromatic heterocycles. The van der Waals surface area contributed by atoms with Gasteiger partial charge >= 0.3 is 0 Å². The summed E-state index contributed by atoms with van der Waals surface area (Å²) in [6.45, 7) is 1.04. The summed E-state index contributed by atoms with van der Waals surface area (Å²) in [5.74, 6) is 0.616. The zero-order valence-electron chi connectivity index (χ0n) is 9.20. The van der Waals surface area contributed by atoms with E-state index in [1.54, 1.807) is 19.2 Å². The van der Waals surface area contributed by atoms with Crippen molar-refractivity contribution in [2.75, 3.05) is 20.3 Å². The number of methoxy groups -OCH3 is 1. The van der Waals surface area contributed by atoms with Crippen LogP contribution in [0.2, 0.25) is 5.02 Å². The number of hydrogen-bond donors (Lipinski definition) is 1. The van der Waals surface area contributed by atoms with Gasteiger partial charge in [-0.3, -0.25) is 0 Å². The highest BCUT2D eigenvalue weighted by molar-refractivity contribution is 6.32. The van der Waals surface area contributed by atoms with E-state index in [1.165, 1.54) is 0 Å². The van der Waals surface area contributed by atoms with Crippen LogP contribution >= 0.6 is 11.6 Å². The average molecular weight is 243 g/mol. The number of rotatable bonds is 2. The first-order chi connectivity index (χ1) is 7.65. The number of ether oxygens (including phenoxy) is 2. The Morgan fingerprint density at radius 1 is 1.50 bits per heavy atom. The second kappa shape index (κ2) is 4.62. The predicted octanol–water partition coefficient (Wildman–Crippen LogP) is 2.35. The molecule has 16 heavy (non-hydrogen) atoms. The molecule has 1 aliphatic rings. The van der Waals surface area contributed by atoms with Crippen molar-refractivity contribution in [3.05, 3.63) is 28.8 Å². The van der Waals surface area contributed by atoms with Crippen LogP contribution in [0.1, 0.15) is 18.4 Å². The first kappa shape index (κ1) is 11.7. The highest BCUT2D eigenvalue weighted by atomic mass is 35.5. The Balaban J connectivity index is 2.29. The minimum Gasteiger partial charge on any atom is -0.495 e. The fraction of sp³-hybridized carbons (Fsp3) is 0.500. The van der Waals surface area contributed by atoms with Crippen molar-refractivity contribution < 1.29 is 14.6 Å². The van der Waals surface area contributed by atoms with E-state index in [0.29, 0.717) is 30.4 Å². The van der Waals surface area contributed by atoms with Gasteiger partial charge in [-0.2, -0.15) is 0 Å². The van der Waals surface area contributed by atoms with Crippen molar-refractivity contribution in [1.29, 1.82) is 0 Å². The second-order valence-corrected chi connectivity index (χ2v) is 4.44. The summed E-state index contributed by atoms with van der Waals surface area (Å²) >= 11 is 6.03. The van der Waals surface area contributed by atoms with Gasteiger partial charge in [-0.25, -0.2) is 0 Å². The summed E-state index contributed by atoms with van der Waals surface area (Å²) in [5, 5.41) is 10.9. The van der Waals surface area contributed by atoms with E-state index in [9.17, 15) is 5.11 Å². The molecule has 4 heteroatoms. The van der Waals surface area contributed by atoms with Gasteiger partial charge in [-0.1, -0.05) is 17.7 Å². The summed E-state index contributed by atoms with van der Waals surface area (Å²) in [6, 6.07) is 5.35. The third-order valence-electron chi connectivity index (χ3n) is 2.91. The molecule has 1 fully saturated rings. The summed E-state index contributed by atoms with van der Waals surface area (Å²) in [4.78, 5) is 0. The van der Waals surface area contributed by atoms with E-state index < -0.39 is 5.60 Å². The quantitative estimate of drug-likeness (QED) is 0.865. The summed E-state index contributed by atoms with van der Waals surface area (Å²) in [6.07, 6.45) is 1.57. The zero-order valence-corrected chi connectivity index (χ0v) is 9.96. The molecular weight excluding hydrogens is 228 g/mol. The fourth-order valence-corrected chi connectivity index (χ4v) is 2.22. The third kappa shape index (κ3) is 2.17. The Labute approximate surface area is 99.9 Å². The van der Waals surface area contributed by atoms with Crippen LogP contribution in [0.25, 0.3) is 0 Å². The Bertz CT molecular complexity index is 373. The van der Waals surface area contributed by atoms with Crippen LogP contribution in [0.3, 0.4) is 0 Å². The smallest absolute Gasteiger partial charge is 0.137 e. The zero-order chi connectivity index (χ0) is 11.6. The van der Waals surface area contributed by atoms with Crippen LogP contribution in [0.4, 0.5) is 0 Å². The highest BCUT2D eigenvalue weighted by Gasteiger charge is 2.32. The molecule has 3 nitrogen and oxygen atoms in total. The third-order valence-corrected chi connectivity index (χ3v) is 3.20. The van der Waals surface area contributed by atoms with Crippen LogP contribution in [0, 0.1) is 0 Å². The lowest BCUT2D eigenvalue weighted by Crippen LogP contribution is -2.35. The Kier molecular flexibility index (Phi) is 3.38. The number of hydrogen-bond acceptors (Lipinski definition) is 3. The van der Waals surface area contributed by atoms with Crippen LogP contribution in [-0.2, 0) is 10.3 Å². The number of benzene rings is 1. The largest absolute Gasteiger partial charge is 0.495 e. The van der Waals surface area contributed by atoms with E-state index in [-0.39, 0.29) is 0 Å². The van der Waals surface area contributed by atoms with Crippen LogP contribution in [-0.4, -0.2) is 25.4 Å². The van der Waals surface area contributed by atoms with Crippen LogP contribution < -0.4 is 4.74 Å². The normalized spacial score (nSPS) is 25.4. The lowest BCUT2D eigenvalue weighted by Gasteiger charge is -2.32. The maximum Gasteiger partial charge on any atom is 0.137 e. The molecule has 1 aromatic carbocycles. The van der Waals surface area contributed by atoms with Gasteiger partial charge in [0, 0.05) is 6.61 Å². The molecule has 1 aromatic rings. The molecule has 0 saturated carbocycles. The number of aliphatic hydroxyl groups is 1. The molecule has 1 aliphatic heterocycles. The Morgan fingerprint density at radius 3 is 2.88 bits per heavy atom. The molecular formula is C12H15ClO3. The van der Waals surface area contributed by atoms with Gasteiger partial charge in [0.1, 0.15) is 11.4 Å². The topological polar surface area (TPSA) is 38.7 Å². The predicted molar refractivity (Wildman–Crippen MR) is 62.0 cm³/mol. The molecule has 1 unspecified atom stereocenters. The molecule has 0 amide bonds. The van der Waals surface area contributed by atoms with Crippen molar-refractivity contribution >= 4 is 11.6 Å². The maximum absolute atomic E-state index is 10.4. The van der Waals surface area contributed by atoms with Crippen molar-refractivity contribution in [1.82, 2.24) is 0 Å². The minimum atomic E-state index is -0.909. The van der Waals surface area contributed by atoms with Gasteiger partial charge in [0.2, 0.25) is 0 Å². The van der Waals surface area contributed by atoms with Gasteiger partial charge in [0.25, 0.3) is 0 Å². The maximum atomic E-state index is 10.4. The molecule has 0 radical (unpaired) electrons. The molecule has 0 spiro atoms. The van der Waals surface area contributed by atoms with Gasteiger partial charge < -0.3 is 14.6 Å². The molecule has 1 atom stereocenters. The summed E-state index contributed by atoms with van der Waals surface area (Å²) in [7, 11) is 1.57. The van der Waals surface area contributed by atoms with Crippen LogP contribution in [0.5, 0.6) is 5.75 Å². The Morgan fingerprint density at radius 2 is 2.31 bits per heavy atom. The lowest BCUT2D eigenvalue weighted by molar-refractivity contribution is -0.0902. The van der Waals surface area contributed by atoms with Gasteiger partial charge in [0.05, 0.1) is 18.7 Å². The first-order valence-corrected chi connectivity index (χ1v) is 5.68. The second-order valence-electron chi connectivity index (χ2n) is 4.04. The van der Waals surface area contributed by atoms with Gasteiger partial charge in [-0.05, 0) is 30.5 Å². The van der Waals surface area contributed by atoms with E-state index in [1.807, 2.05) is 6.07 Å². The van der Waals surface area contributed by atoms with Crippen molar-refractivity contribution in [2.24, 2.45) is 0 Å². The van der Waals surface area contributed by atoms with Crippen molar-refractivity contribution in [3.63, 3.8) is 0 Å². The van der Waals surface area contributed by atoms with E-state index in [2.05, 4.69) is 0 Å². The fourth-order valence-electron chi connectivity index (χ4n) is 1.96. The van der Waals surface area contributed by atoms with Crippen molar-refractivity contribution in [2.45, 2.75) is 18.4 Å². The monoisotopic (exact) mass is 242 g/mol. The molecule has 2 rings (SSSR count). The Hall–Kier alpha value is -0.770. The van der Waals surface area contributed by atoms with E-state index in [0.717, 1.165) is 12.0 Å². The first-order valence-electron chi connectivity index (χ1n) is 5.30. The number of halogens is 1. The standard InChI is InChI=1S/C12H15ClO3/c1-15-11-4-3-9(7-10(11)13)12(14)5-2-6-16-8-12/h3-4,7,14H,2,5-6,8H2,1H3. The van der Waals surface area contributed by atoms with Crippen LogP contribution in [0.15, 0.2) is 18.2 Å².